The Morgan fingerprint density at radius 2 is 1.93 bits per heavy atom. The van der Waals surface area contributed by atoms with Crippen LogP contribution in [0.25, 0.3) is 0 Å². The molecular formula is C22H29NO3S. The van der Waals surface area contributed by atoms with Gasteiger partial charge in [-0.15, -0.1) is 11.8 Å². The normalized spacial score (nSPS) is 13.2. The van der Waals surface area contributed by atoms with Crippen molar-refractivity contribution in [2.75, 3.05) is 12.9 Å². The summed E-state index contributed by atoms with van der Waals surface area (Å²) in [6.45, 7) is 4.25. The summed E-state index contributed by atoms with van der Waals surface area (Å²) in [5.41, 5.74) is 7.41. The number of methoxy groups -OCH3 is 1. The number of ether oxygens (including phenoxy) is 1. The highest BCUT2D eigenvalue weighted by Gasteiger charge is 2.25. The van der Waals surface area contributed by atoms with Crippen LogP contribution in [0.5, 0.6) is 11.5 Å². The fourth-order valence-electron chi connectivity index (χ4n) is 2.86. The van der Waals surface area contributed by atoms with Gasteiger partial charge in [0.2, 0.25) is 0 Å². The average Bonchev–Trinajstić information content (AvgIpc) is 2.71. The molecule has 0 aliphatic carbocycles. The van der Waals surface area contributed by atoms with Crippen LogP contribution in [0.15, 0.2) is 47.4 Å². The molecule has 5 heteroatoms. The van der Waals surface area contributed by atoms with Gasteiger partial charge in [0.15, 0.2) is 17.3 Å². The molecule has 0 fully saturated rings. The van der Waals surface area contributed by atoms with Crippen LogP contribution in [0.2, 0.25) is 0 Å². The van der Waals surface area contributed by atoms with Crippen molar-refractivity contribution in [3.8, 4) is 11.5 Å². The minimum Gasteiger partial charge on any atom is -0.504 e. The SMILES string of the molecule is CCCCC(N)(CC)CSc1cc(O)c(OC)cc1C(=O)c1ccccc1. The number of carbonyl (C=O) groups is 1. The molecule has 1 atom stereocenters. The summed E-state index contributed by atoms with van der Waals surface area (Å²) in [7, 11) is 1.48. The maximum absolute atomic E-state index is 13.0. The summed E-state index contributed by atoms with van der Waals surface area (Å²) in [6.07, 6.45) is 3.99. The molecule has 146 valence electrons. The molecule has 3 N–H and O–H groups in total. The van der Waals surface area contributed by atoms with Crippen molar-refractivity contribution >= 4 is 17.5 Å². The Bertz CT molecular complexity index is 764. The third kappa shape index (κ3) is 5.50. The van der Waals surface area contributed by atoms with E-state index < -0.39 is 0 Å². The van der Waals surface area contributed by atoms with E-state index in [0.29, 0.717) is 22.6 Å². The molecular weight excluding hydrogens is 358 g/mol. The number of rotatable bonds is 10. The van der Waals surface area contributed by atoms with E-state index in [1.54, 1.807) is 24.3 Å². The minimum absolute atomic E-state index is 0.0253. The lowest BCUT2D eigenvalue weighted by molar-refractivity contribution is 0.103. The summed E-state index contributed by atoms with van der Waals surface area (Å²) < 4.78 is 5.21. The Balaban J connectivity index is 2.34. The second-order valence-corrected chi connectivity index (χ2v) is 7.84. The Hall–Kier alpha value is -1.98. The molecule has 0 amide bonds. The number of thioether (sulfide) groups is 1. The lowest BCUT2D eigenvalue weighted by Gasteiger charge is -2.28. The quantitative estimate of drug-likeness (QED) is 0.442. The van der Waals surface area contributed by atoms with Crippen molar-refractivity contribution < 1.29 is 14.6 Å². The summed E-state index contributed by atoms with van der Waals surface area (Å²) in [6, 6.07) is 12.3. The first-order valence-corrected chi connectivity index (χ1v) is 10.3. The first-order chi connectivity index (χ1) is 12.9. The van der Waals surface area contributed by atoms with Gasteiger partial charge in [0.1, 0.15) is 0 Å². The van der Waals surface area contributed by atoms with Gasteiger partial charge in [-0.1, -0.05) is 57.0 Å². The highest BCUT2D eigenvalue weighted by atomic mass is 32.2. The summed E-state index contributed by atoms with van der Waals surface area (Å²) in [5.74, 6) is 0.908. The maximum Gasteiger partial charge on any atom is 0.194 e. The van der Waals surface area contributed by atoms with E-state index in [1.807, 2.05) is 18.2 Å². The second-order valence-electron chi connectivity index (χ2n) is 6.82. The Labute approximate surface area is 166 Å². The topological polar surface area (TPSA) is 72.6 Å². The van der Waals surface area contributed by atoms with Crippen molar-refractivity contribution in [3.63, 3.8) is 0 Å². The van der Waals surface area contributed by atoms with Crippen molar-refractivity contribution in [3.05, 3.63) is 53.6 Å². The molecule has 4 nitrogen and oxygen atoms in total. The number of carbonyl (C=O) groups excluding carboxylic acids is 1. The minimum atomic E-state index is -0.288. The standard InChI is InChI=1S/C22H29NO3S/c1-4-6-12-22(23,5-2)15-27-20-14-18(24)19(26-3)13-17(20)21(25)16-10-8-7-9-11-16/h7-11,13-14,24H,4-6,12,15,23H2,1-3H3. The molecule has 0 spiro atoms. The smallest absolute Gasteiger partial charge is 0.194 e. The molecule has 0 saturated carbocycles. The van der Waals surface area contributed by atoms with Gasteiger partial charge in [-0.3, -0.25) is 4.79 Å². The Morgan fingerprint density at radius 1 is 1.22 bits per heavy atom. The van der Waals surface area contributed by atoms with E-state index in [9.17, 15) is 9.90 Å². The average molecular weight is 388 g/mol. The number of unbranched alkanes of at least 4 members (excludes halogenated alkanes) is 1. The van der Waals surface area contributed by atoms with Crippen LogP contribution in [-0.2, 0) is 0 Å². The van der Waals surface area contributed by atoms with Crippen molar-refractivity contribution in [1.82, 2.24) is 0 Å². The van der Waals surface area contributed by atoms with E-state index in [4.69, 9.17) is 10.5 Å². The molecule has 0 heterocycles. The fourth-order valence-corrected chi connectivity index (χ4v) is 4.15. The predicted molar refractivity (Wildman–Crippen MR) is 112 cm³/mol. The third-order valence-corrected chi connectivity index (χ3v) is 6.18. The van der Waals surface area contributed by atoms with Crippen LogP contribution < -0.4 is 10.5 Å². The van der Waals surface area contributed by atoms with E-state index in [-0.39, 0.29) is 17.1 Å². The Kier molecular flexibility index (Phi) is 7.75. The van der Waals surface area contributed by atoms with Gasteiger partial charge in [0, 0.05) is 27.3 Å². The van der Waals surface area contributed by atoms with Gasteiger partial charge in [0.25, 0.3) is 0 Å². The Morgan fingerprint density at radius 3 is 2.52 bits per heavy atom. The molecule has 2 rings (SSSR count). The molecule has 2 aromatic rings. The van der Waals surface area contributed by atoms with Crippen LogP contribution in [-0.4, -0.2) is 29.3 Å². The molecule has 0 aromatic heterocycles. The molecule has 1 unspecified atom stereocenters. The van der Waals surface area contributed by atoms with Crippen LogP contribution in [0.4, 0.5) is 0 Å². The van der Waals surface area contributed by atoms with Gasteiger partial charge >= 0.3 is 0 Å². The summed E-state index contributed by atoms with van der Waals surface area (Å²) in [5, 5.41) is 10.2. The zero-order valence-electron chi connectivity index (χ0n) is 16.3. The third-order valence-electron chi connectivity index (χ3n) is 4.81. The van der Waals surface area contributed by atoms with Gasteiger partial charge < -0.3 is 15.6 Å². The van der Waals surface area contributed by atoms with Crippen LogP contribution in [0.1, 0.15) is 55.5 Å². The first-order valence-electron chi connectivity index (χ1n) is 9.36. The summed E-state index contributed by atoms with van der Waals surface area (Å²) >= 11 is 1.52. The number of benzene rings is 2. The number of aromatic hydroxyl groups is 1. The number of hydrogen-bond acceptors (Lipinski definition) is 5. The first kappa shape index (κ1) is 21.3. The monoisotopic (exact) mass is 387 g/mol. The lowest BCUT2D eigenvalue weighted by Crippen LogP contribution is -2.41. The van der Waals surface area contributed by atoms with Crippen molar-refractivity contribution in [2.45, 2.75) is 50.0 Å². The van der Waals surface area contributed by atoms with Gasteiger partial charge in [0.05, 0.1) is 7.11 Å². The number of phenolic OH excluding ortho intramolecular Hbond substituents is 1. The number of hydrogen-bond donors (Lipinski definition) is 2. The van der Waals surface area contributed by atoms with Gasteiger partial charge in [-0.05, 0) is 25.0 Å². The lowest BCUT2D eigenvalue weighted by atomic mass is 9.93. The maximum atomic E-state index is 13.0. The van der Waals surface area contributed by atoms with E-state index in [1.165, 1.54) is 18.9 Å². The molecule has 0 aliphatic heterocycles. The molecule has 0 bridgehead atoms. The number of nitrogens with two attached hydrogens (primary N) is 1. The molecule has 27 heavy (non-hydrogen) atoms. The van der Waals surface area contributed by atoms with Crippen molar-refractivity contribution in [1.29, 1.82) is 0 Å². The van der Waals surface area contributed by atoms with Gasteiger partial charge in [-0.25, -0.2) is 0 Å². The largest absolute Gasteiger partial charge is 0.504 e. The van der Waals surface area contributed by atoms with E-state index >= 15 is 0 Å². The molecule has 2 aromatic carbocycles. The van der Waals surface area contributed by atoms with E-state index in [2.05, 4.69) is 13.8 Å². The van der Waals surface area contributed by atoms with Crippen LogP contribution in [0.3, 0.4) is 0 Å². The molecule has 0 saturated heterocycles. The summed E-state index contributed by atoms with van der Waals surface area (Å²) in [4.78, 5) is 13.8. The van der Waals surface area contributed by atoms with E-state index in [0.717, 1.165) is 30.6 Å². The number of ketones is 1. The molecule has 0 aliphatic rings. The van der Waals surface area contributed by atoms with Crippen molar-refractivity contribution in [2.24, 2.45) is 5.73 Å². The van der Waals surface area contributed by atoms with Gasteiger partial charge in [-0.2, -0.15) is 0 Å². The second kappa shape index (κ2) is 9.81. The highest BCUT2D eigenvalue weighted by molar-refractivity contribution is 7.99. The number of phenols is 1. The van der Waals surface area contributed by atoms with Crippen LogP contribution >= 0.6 is 11.8 Å². The molecule has 0 radical (unpaired) electrons. The van der Waals surface area contributed by atoms with Crippen LogP contribution in [0, 0.1) is 0 Å². The zero-order valence-corrected chi connectivity index (χ0v) is 17.1. The fraction of sp³-hybridized carbons (Fsp3) is 0.409. The zero-order chi connectivity index (χ0) is 19.9. The highest BCUT2D eigenvalue weighted by Crippen LogP contribution is 2.37. The predicted octanol–water partition coefficient (Wildman–Crippen LogP) is 5.02.